The van der Waals surface area contributed by atoms with Crippen LogP contribution in [0.25, 0.3) is 10.9 Å². The molecule has 0 fully saturated rings. The molecule has 0 spiro atoms. The summed E-state index contributed by atoms with van der Waals surface area (Å²) in [7, 11) is 1.60. The first kappa shape index (κ1) is 11.2. The van der Waals surface area contributed by atoms with E-state index in [9.17, 15) is 4.79 Å². The maximum absolute atomic E-state index is 11.6. The minimum atomic E-state index is -0.0314. The zero-order chi connectivity index (χ0) is 11.7. The molecule has 0 saturated heterocycles. The Morgan fingerprint density at radius 2 is 2.12 bits per heavy atom. The number of hydrogen-bond acceptors (Lipinski definition) is 2. The van der Waals surface area contributed by atoms with E-state index in [0.29, 0.717) is 17.4 Å². The standard InChI is InChI=1S/C12H12ClNO2/c1-8(15)11-9-5-3-4-6-10(9)14(7-16-2)12(11)13/h3-6H,7H2,1-2H3. The number of rotatable bonds is 3. The molecule has 0 unspecified atom stereocenters. The van der Waals surface area contributed by atoms with Gasteiger partial charge in [-0.15, -0.1) is 0 Å². The average Bonchev–Trinajstić information content (AvgIpc) is 2.53. The van der Waals surface area contributed by atoms with E-state index in [0.717, 1.165) is 10.9 Å². The van der Waals surface area contributed by atoms with Crippen molar-refractivity contribution in [3.63, 3.8) is 0 Å². The summed E-state index contributed by atoms with van der Waals surface area (Å²) >= 11 is 6.19. The molecule has 0 N–H and O–H groups in total. The highest BCUT2D eigenvalue weighted by Gasteiger charge is 2.17. The van der Waals surface area contributed by atoms with Crippen LogP contribution in [-0.2, 0) is 11.5 Å². The van der Waals surface area contributed by atoms with Crippen LogP contribution < -0.4 is 0 Å². The van der Waals surface area contributed by atoms with Crippen LogP contribution in [0.4, 0.5) is 0 Å². The van der Waals surface area contributed by atoms with Gasteiger partial charge in [-0.3, -0.25) is 4.79 Å². The van der Waals surface area contributed by atoms with Crippen molar-refractivity contribution in [3.8, 4) is 0 Å². The number of ether oxygens (including phenoxy) is 1. The summed E-state index contributed by atoms with van der Waals surface area (Å²) in [5.41, 5.74) is 1.48. The van der Waals surface area contributed by atoms with E-state index in [1.54, 1.807) is 11.7 Å². The Kier molecular flexibility index (Phi) is 2.99. The maximum Gasteiger partial charge on any atom is 0.163 e. The zero-order valence-electron chi connectivity index (χ0n) is 9.16. The Labute approximate surface area is 98.6 Å². The molecule has 1 aromatic carbocycles. The summed E-state index contributed by atoms with van der Waals surface area (Å²) in [5.74, 6) is -0.0314. The second kappa shape index (κ2) is 4.28. The lowest BCUT2D eigenvalue weighted by Crippen LogP contribution is -2.00. The molecule has 0 aliphatic rings. The van der Waals surface area contributed by atoms with E-state index in [1.165, 1.54) is 6.92 Å². The molecule has 84 valence electrons. The number of aromatic nitrogens is 1. The Balaban J connectivity index is 2.80. The number of hydrogen-bond donors (Lipinski definition) is 0. The molecule has 0 aliphatic heterocycles. The Bertz CT molecular complexity index is 545. The molecule has 3 nitrogen and oxygen atoms in total. The topological polar surface area (TPSA) is 31.2 Å². The van der Waals surface area contributed by atoms with Crippen LogP contribution in [0, 0.1) is 0 Å². The number of methoxy groups -OCH3 is 1. The fourth-order valence-electron chi connectivity index (χ4n) is 1.86. The van der Waals surface area contributed by atoms with Gasteiger partial charge in [0, 0.05) is 12.5 Å². The van der Waals surface area contributed by atoms with Gasteiger partial charge in [0.1, 0.15) is 11.9 Å². The van der Waals surface area contributed by atoms with Crippen molar-refractivity contribution < 1.29 is 9.53 Å². The van der Waals surface area contributed by atoms with E-state index in [4.69, 9.17) is 16.3 Å². The summed E-state index contributed by atoms with van der Waals surface area (Å²) in [5, 5.41) is 1.31. The van der Waals surface area contributed by atoms with Gasteiger partial charge in [-0.25, -0.2) is 0 Å². The molecule has 16 heavy (non-hydrogen) atoms. The van der Waals surface area contributed by atoms with Crippen LogP contribution in [0.5, 0.6) is 0 Å². The van der Waals surface area contributed by atoms with Crippen LogP contribution in [-0.4, -0.2) is 17.5 Å². The summed E-state index contributed by atoms with van der Waals surface area (Å²) in [6.45, 7) is 1.86. The van der Waals surface area contributed by atoms with Gasteiger partial charge in [0.2, 0.25) is 0 Å². The molecule has 1 aromatic heterocycles. The lowest BCUT2D eigenvalue weighted by Gasteiger charge is -2.04. The molecule has 0 atom stereocenters. The van der Waals surface area contributed by atoms with Crippen LogP contribution >= 0.6 is 11.6 Å². The van der Waals surface area contributed by atoms with Crippen LogP contribution in [0.1, 0.15) is 17.3 Å². The van der Waals surface area contributed by atoms with Crippen molar-refractivity contribution >= 4 is 28.3 Å². The molecule has 0 bridgehead atoms. The fourth-order valence-corrected chi connectivity index (χ4v) is 2.24. The monoisotopic (exact) mass is 237 g/mol. The number of halogens is 1. The summed E-state index contributed by atoms with van der Waals surface area (Å²) in [6, 6.07) is 7.62. The normalized spacial score (nSPS) is 10.9. The third kappa shape index (κ3) is 1.62. The molecular formula is C12H12ClNO2. The van der Waals surface area contributed by atoms with Gasteiger partial charge >= 0.3 is 0 Å². The average molecular weight is 238 g/mol. The Morgan fingerprint density at radius 1 is 1.44 bits per heavy atom. The third-order valence-corrected chi connectivity index (χ3v) is 2.91. The first-order valence-electron chi connectivity index (χ1n) is 4.93. The SMILES string of the molecule is COCn1c(Cl)c(C(C)=O)c2ccccc21. The molecule has 2 rings (SSSR count). The highest BCUT2D eigenvalue weighted by Crippen LogP contribution is 2.30. The highest BCUT2D eigenvalue weighted by atomic mass is 35.5. The van der Waals surface area contributed by atoms with Gasteiger partial charge in [-0.1, -0.05) is 29.8 Å². The quantitative estimate of drug-likeness (QED) is 0.768. The number of Topliss-reactive ketones (excluding diaryl/α,β-unsaturated/α-hetero) is 1. The van der Waals surface area contributed by atoms with Gasteiger partial charge in [0.05, 0.1) is 11.1 Å². The van der Waals surface area contributed by atoms with Crippen molar-refractivity contribution in [3.05, 3.63) is 35.0 Å². The number of carbonyl (C=O) groups is 1. The molecule has 2 aromatic rings. The van der Waals surface area contributed by atoms with Crippen molar-refractivity contribution in [2.24, 2.45) is 0 Å². The van der Waals surface area contributed by atoms with E-state index in [2.05, 4.69) is 0 Å². The predicted molar refractivity (Wildman–Crippen MR) is 64.0 cm³/mol. The predicted octanol–water partition coefficient (Wildman–Crippen LogP) is 3.10. The smallest absolute Gasteiger partial charge is 0.163 e. The number of nitrogens with zero attached hydrogens (tertiary/aromatic N) is 1. The first-order valence-corrected chi connectivity index (χ1v) is 5.31. The second-order valence-electron chi connectivity index (χ2n) is 3.58. The fraction of sp³-hybridized carbons (Fsp3) is 0.250. The Morgan fingerprint density at radius 3 is 2.75 bits per heavy atom. The summed E-state index contributed by atoms with van der Waals surface area (Å²) in [6.07, 6.45) is 0. The van der Waals surface area contributed by atoms with Gasteiger partial charge in [-0.2, -0.15) is 0 Å². The van der Waals surface area contributed by atoms with E-state index < -0.39 is 0 Å². The first-order chi connectivity index (χ1) is 7.66. The summed E-state index contributed by atoms with van der Waals surface area (Å²) in [4.78, 5) is 11.6. The highest BCUT2D eigenvalue weighted by molar-refractivity contribution is 6.35. The van der Waals surface area contributed by atoms with E-state index >= 15 is 0 Å². The van der Waals surface area contributed by atoms with Crippen LogP contribution in [0.2, 0.25) is 5.15 Å². The molecule has 0 amide bonds. The molecule has 4 heteroatoms. The van der Waals surface area contributed by atoms with Gasteiger partial charge in [0.25, 0.3) is 0 Å². The van der Waals surface area contributed by atoms with Gasteiger partial charge < -0.3 is 9.30 Å². The van der Waals surface area contributed by atoms with Crippen molar-refractivity contribution in [1.29, 1.82) is 0 Å². The number of ketones is 1. The number of fused-ring (bicyclic) bond motifs is 1. The Hall–Kier alpha value is -1.32. The number of benzene rings is 1. The number of carbonyl (C=O) groups excluding carboxylic acids is 1. The minimum Gasteiger partial charge on any atom is -0.364 e. The molecule has 0 saturated carbocycles. The number of para-hydroxylation sites is 1. The maximum atomic E-state index is 11.6. The third-order valence-electron chi connectivity index (χ3n) is 2.52. The summed E-state index contributed by atoms with van der Waals surface area (Å²) < 4.78 is 6.86. The zero-order valence-corrected chi connectivity index (χ0v) is 9.91. The minimum absolute atomic E-state index is 0.0314. The van der Waals surface area contributed by atoms with Gasteiger partial charge in [-0.05, 0) is 13.0 Å². The van der Waals surface area contributed by atoms with Crippen LogP contribution in [0.15, 0.2) is 24.3 Å². The largest absolute Gasteiger partial charge is 0.364 e. The van der Waals surface area contributed by atoms with E-state index in [-0.39, 0.29) is 5.78 Å². The van der Waals surface area contributed by atoms with Crippen molar-refractivity contribution in [2.45, 2.75) is 13.7 Å². The molecular weight excluding hydrogens is 226 g/mol. The lowest BCUT2D eigenvalue weighted by atomic mass is 10.1. The van der Waals surface area contributed by atoms with Crippen molar-refractivity contribution in [1.82, 2.24) is 4.57 Å². The van der Waals surface area contributed by atoms with Crippen LogP contribution in [0.3, 0.4) is 0 Å². The molecule has 1 heterocycles. The second-order valence-corrected chi connectivity index (χ2v) is 3.94. The van der Waals surface area contributed by atoms with E-state index in [1.807, 2.05) is 24.3 Å². The molecule has 0 radical (unpaired) electrons. The van der Waals surface area contributed by atoms with Gasteiger partial charge in [0.15, 0.2) is 5.78 Å². The van der Waals surface area contributed by atoms with Crippen molar-refractivity contribution in [2.75, 3.05) is 7.11 Å². The molecule has 0 aliphatic carbocycles. The lowest BCUT2D eigenvalue weighted by molar-refractivity contribution is 0.101.